The van der Waals surface area contributed by atoms with Crippen molar-refractivity contribution < 1.29 is 5.11 Å². The van der Waals surface area contributed by atoms with Crippen molar-refractivity contribution in [3.8, 4) is 0 Å². The first-order valence-electron chi connectivity index (χ1n) is 5.24. The molecular formula is C11H13N3O2S. The molecule has 0 bridgehead atoms. The average Bonchev–Trinajstić information content (AvgIpc) is 2.70. The van der Waals surface area contributed by atoms with Crippen molar-refractivity contribution in [3.63, 3.8) is 0 Å². The van der Waals surface area contributed by atoms with Gasteiger partial charge >= 0.3 is 5.69 Å². The highest BCUT2D eigenvalue weighted by Crippen LogP contribution is 2.13. The predicted molar refractivity (Wildman–Crippen MR) is 66.2 cm³/mol. The number of nitrogens with zero attached hydrogens (tertiary/aromatic N) is 2. The van der Waals surface area contributed by atoms with Gasteiger partial charge in [-0.25, -0.2) is 9.89 Å². The van der Waals surface area contributed by atoms with Crippen molar-refractivity contribution in [2.75, 3.05) is 12.4 Å². The molecule has 2 aromatic rings. The Hall–Kier alpha value is -1.53. The van der Waals surface area contributed by atoms with Crippen LogP contribution >= 0.6 is 11.8 Å². The maximum atomic E-state index is 11.6. The maximum Gasteiger partial charge on any atom is 0.344 e. The quantitative estimate of drug-likeness (QED) is 0.768. The van der Waals surface area contributed by atoms with Crippen molar-refractivity contribution >= 4 is 11.8 Å². The monoisotopic (exact) mass is 251 g/mol. The molecule has 2 N–H and O–H groups in total. The van der Waals surface area contributed by atoms with Gasteiger partial charge in [-0.1, -0.05) is 42.1 Å². The van der Waals surface area contributed by atoms with E-state index in [2.05, 4.69) is 10.2 Å². The van der Waals surface area contributed by atoms with E-state index in [9.17, 15) is 4.79 Å². The lowest BCUT2D eigenvalue weighted by Crippen LogP contribution is -2.18. The molecule has 0 unspecified atom stereocenters. The van der Waals surface area contributed by atoms with Crippen molar-refractivity contribution in [1.29, 1.82) is 0 Å². The number of benzene rings is 1. The number of rotatable bonds is 5. The van der Waals surface area contributed by atoms with Crippen LogP contribution in [0.2, 0.25) is 0 Å². The lowest BCUT2D eigenvalue weighted by Gasteiger charge is -2.04. The van der Waals surface area contributed by atoms with Crippen molar-refractivity contribution in [1.82, 2.24) is 14.8 Å². The van der Waals surface area contributed by atoms with Crippen molar-refractivity contribution in [3.05, 3.63) is 46.4 Å². The van der Waals surface area contributed by atoms with Crippen LogP contribution in [0.25, 0.3) is 0 Å². The largest absolute Gasteiger partial charge is 0.396 e. The third kappa shape index (κ3) is 2.98. The molecule has 0 aliphatic rings. The minimum atomic E-state index is -0.228. The Morgan fingerprint density at radius 3 is 2.82 bits per heavy atom. The van der Waals surface area contributed by atoms with Crippen LogP contribution in [0.3, 0.4) is 0 Å². The summed E-state index contributed by atoms with van der Waals surface area (Å²) < 4.78 is 1.57. The van der Waals surface area contributed by atoms with Crippen molar-refractivity contribution in [2.45, 2.75) is 11.7 Å². The lowest BCUT2D eigenvalue weighted by molar-refractivity contribution is 0.322. The fourth-order valence-electron chi connectivity index (χ4n) is 1.46. The summed E-state index contributed by atoms with van der Waals surface area (Å²) in [5.74, 6) is 0.527. The molecule has 6 heteroatoms. The zero-order valence-corrected chi connectivity index (χ0v) is 9.98. The molecule has 0 fully saturated rings. The van der Waals surface area contributed by atoms with Crippen LogP contribution in [-0.2, 0) is 6.54 Å². The third-order valence-corrected chi connectivity index (χ3v) is 3.19. The SMILES string of the molecule is O=c1[nH]nc(SCCO)n1Cc1ccccc1. The van der Waals surface area contributed by atoms with Crippen LogP contribution in [0.1, 0.15) is 5.56 Å². The number of nitrogens with one attached hydrogen (secondary N) is 1. The number of aliphatic hydroxyl groups excluding tert-OH is 1. The Kier molecular flexibility index (Phi) is 4.00. The van der Waals surface area contributed by atoms with Gasteiger partial charge in [-0.15, -0.1) is 5.10 Å². The molecule has 0 spiro atoms. The summed E-state index contributed by atoms with van der Waals surface area (Å²) in [6.45, 7) is 0.557. The first-order valence-corrected chi connectivity index (χ1v) is 6.22. The summed E-state index contributed by atoms with van der Waals surface area (Å²) in [5.41, 5.74) is 0.816. The third-order valence-electron chi connectivity index (χ3n) is 2.23. The molecule has 0 saturated carbocycles. The Balaban J connectivity index is 2.20. The van der Waals surface area contributed by atoms with E-state index in [1.807, 2.05) is 30.3 Å². The summed E-state index contributed by atoms with van der Waals surface area (Å²) in [4.78, 5) is 11.6. The molecule has 90 valence electrons. The Bertz CT molecular complexity index is 521. The summed E-state index contributed by atoms with van der Waals surface area (Å²) in [7, 11) is 0. The van der Waals surface area contributed by atoms with E-state index in [4.69, 9.17) is 5.11 Å². The van der Waals surface area contributed by atoms with E-state index in [0.717, 1.165) is 5.56 Å². The van der Waals surface area contributed by atoms with E-state index in [0.29, 0.717) is 17.5 Å². The van der Waals surface area contributed by atoms with Gasteiger partial charge in [0.1, 0.15) is 0 Å². The molecule has 17 heavy (non-hydrogen) atoms. The van der Waals surface area contributed by atoms with Gasteiger partial charge in [0.05, 0.1) is 13.2 Å². The molecule has 2 rings (SSSR count). The lowest BCUT2D eigenvalue weighted by atomic mass is 10.2. The van der Waals surface area contributed by atoms with E-state index in [1.165, 1.54) is 11.8 Å². The highest BCUT2D eigenvalue weighted by Gasteiger charge is 2.08. The van der Waals surface area contributed by atoms with Crippen LogP contribution in [-0.4, -0.2) is 32.2 Å². The molecule has 1 aromatic carbocycles. The summed E-state index contributed by atoms with van der Waals surface area (Å²) in [6, 6.07) is 9.71. The van der Waals surface area contributed by atoms with Gasteiger partial charge in [0.2, 0.25) is 0 Å². The second-order valence-corrected chi connectivity index (χ2v) is 4.52. The van der Waals surface area contributed by atoms with Crippen LogP contribution in [0.15, 0.2) is 40.3 Å². The fourth-order valence-corrected chi connectivity index (χ4v) is 2.14. The van der Waals surface area contributed by atoms with Crippen LogP contribution < -0.4 is 5.69 Å². The minimum Gasteiger partial charge on any atom is -0.396 e. The zero-order valence-electron chi connectivity index (χ0n) is 9.17. The smallest absolute Gasteiger partial charge is 0.344 e. The standard InChI is InChI=1S/C11H13N3O2S/c15-6-7-17-11-13-12-10(16)14(11)8-9-4-2-1-3-5-9/h1-5,15H,6-8H2,(H,12,16). The summed E-state index contributed by atoms with van der Waals surface area (Å²) in [6.07, 6.45) is 0. The van der Waals surface area contributed by atoms with Gasteiger partial charge in [-0.2, -0.15) is 0 Å². The number of aromatic amines is 1. The van der Waals surface area contributed by atoms with Gasteiger partial charge in [0, 0.05) is 5.75 Å². The van der Waals surface area contributed by atoms with Gasteiger partial charge in [0.25, 0.3) is 0 Å². The number of aromatic nitrogens is 3. The number of H-pyrrole nitrogens is 1. The first kappa shape index (κ1) is 11.9. The highest BCUT2D eigenvalue weighted by atomic mass is 32.2. The fraction of sp³-hybridized carbons (Fsp3) is 0.273. The van der Waals surface area contributed by atoms with E-state index in [1.54, 1.807) is 4.57 Å². The molecule has 0 radical (unpaired) electrons. The molecule has 0 amide bonds. The second kappa shape index (κ2) is 5.70. The van der Waals surface area contributed by atoms with Crippen LogP contribution in [0.5, 0.6) is 0 Å². The van der Waals surface area contributed by atoms with Gasteiger partial charge in [-0.3, -0.25) is 4.57 Å². The number of hydrogen-bond acceptors (Lipinski definition) is 4. The molecular weight excluding hydrogens is 238 g/mol. The van der Waals surface area contributed by atoms with E-state index < -0.39 is 0 Å². The number of aliphatic hydroxyl groups is 1. The first-order chi connectivity index (χ1) is 8.31. The highest BCUT2D eigenvalue weighted by molar-refractivity contribution is 7.99. The second-order valence-electron chi connectivity index (χ2n) is 3.46. The number of hydrogen-bond donors (Lipinski definition) is 2. The maximum absolute atomic E-state index is 11.6. The Morgan fingerprint density at radius 2 is 2.12 bits per heavy atom. The summed E-state index contributed by atoms with van der Waals surface area (Å²) in [5, 5.41) is 15.7. The van der Waals surface area contributed by atoms with E-state index >= 15 is 0 Å². The molecule has 1 heterocycles. The molecule has 0 saturated heterocycles. The molecule has 1 aromatic heterocycles. The average molecular weight is 251 g/mol. The normalized spacial score (nSPS) is 10.6. The van der Waals surface area contributed by atoms with Crippen LogP contribution in [0.4, 0.5) is 0 Å². The predicted octanol–water partition coefficient (Wildman–Crippen LogP) is 0.704. The molecule has 5 nitrogen and oxygen atoms in total. The van der Waals surface area contributed by atoms with Crippen molar-refractivity contribution in [2.24, 2.45) is 0 Å². The topological polar surface area (TPSA) is 70.9 Å². The molecule has 0 aliphatic heterocycles. The van der Waals surface area contributed by atoms with Gasteiger partial charge < -0.3 is 5.11 Å². The van der Waals surface area contributed by atoms with E-state index in [-0.39, 0.29) is 12.3 Å². The number of thioether (sulfide) groups is 1. The Morgan fingerprint density at radius 1 is 1.35 bits per heavy atom. The van der Waals surface area contributed by atoms with Crippen LogP contribution in [0, 0.1) is 0 Å². The summed E-state index contributed by atoms with van der Waals surface area (Å²) >= 11 is 1.36. The molecule has 0 atom stereocenters. The van der Waals surface area contributed by atoms with Gasteiger partial charge in [0.15, 0.2) is 5.16 Å². The minimum absolute atomic E-state index is 0.0665. The zero-order chi connectivity index (χ0) is 12.1. The van der Waals surface area contributed by atoms with Gasteiger partial charge in [-0.05, 0) is 5.56 Å². The Labute approximate surface area is 102 Å². The molecule has 0 aliphatic carbocycles.